The highest BCUT2D eigenvalue weighted by Crippen LogP contribution is 2.13. The lowest BCUT2D eigenvalue weighted by Gasteiger charge is -2.12. The van der Waals surface area contributed by atoms with Crippen molar-refractivity contribution in [1.82, 2.24) is 14.5 Å². The highest BCUT2D eigenvalue weighted by molar-refractivity contribution is 5.78. The first kappa shape index (κ1) is 19.8. The number of aromatic nitrogens is 2. The monoisotopic (exact) mass is 361 g/mol. The van der Waals surface area contributed by atoms with Gasteiger partial charge in [-0.05, 0) is 25.0 Å². The van der Waals surface area contributed by atoms with Crippen molar-refractivity contribution in [3.8, 4) is 0 Å². The molecule has 7 nitrogen and oxygen atoms in total. The fourth-order valence-corrected chi connectivity index (χ4v) is 3.13. The summed E-state index contributed by atoms with van der Waals surface area (Å²) in [6, 6.07) is 7.55. The summed E-state index contributed by atoms with van der Waals surface area (Å²) in [7, 11) is 0. The Labute approximate surface area is 152 Å². The van der Waals surface area contributed by atoms with E-state index < -0.39 is 11.9 Å². The number of amides is 1. The van der Waals surface area contributed by atoms with Crippen LogP contribution in [0.5, 0.6) is 0 Å². The number of carboxylic acids is 1. The molecule has 0 radical (unpaired) electrons. The normalized spacial score (nSPS) is 12.2. The van der Waals surface area contributed by atoms with Crippen LogP contribution in [0, 0.1) is 5.92 Å². The Hall–Kier alpha value is -2.57. The Bertz CT molecular complexity index is 822. The van der Waals surface area contributed by atoms with Crippen molar-refractivity contribution in [2.24, 2.45) is 5.92 Å². The molecule has 2 rings (SSSR count). The molecular weight excluding hydrogens is 334 g/mol. The van der Waals surface area contributed by atoms with Crippen molar-refractivity contribution in [3.63, 3.8) is 0 Å². The van der Waals surface area contributed by atoms with Gasteiger partial charge >= 0.3 is 11.7 Å². The third-order valence-electron chi connectivity index (χ3n) is 4.47. The van der Waals surface area contributed by atoms with Crippen LogP contribution in [0.1, 0.15) is 39.5 Å². The zero-order valence-electron chi connectivity index (χ0n) is 15.4. The summed E-state index contributed by atoms with van der Waals surface area (Å²) in [6.45, 7) is 4.95. The third kappa shape index (κ3) is 4.53. The zero-order valence-corrected chi connectivity index (χ0v) is 15.4. The lowest BCUT2D eigenvalue weighted by Crippen LogP contribution is -2.34. The molecular formula is C19H27N3O4. The van der Waals surface area contributed by atoms with E-state index in [0.717, 1.165) is 23.9 Å². The summed E-state index contributed by atoms with van der Waals surface area (Å²) >= 11 is 0. The van der Waals surface area contributed by atoms with Gasteiger partial charge in [-0.2, -0.15) is 0 Å². The molecule has 2 N–H and O–H groups in total. The summed E-state index contributed by atoms with van der Waals surface area (Å²) in [5, 5.41) is 11.8. The number of fused-ring (bicyclic) bond motifs is 1. The Morgan fingerprint density at radius 3 is 2.23 bits per heavy atom. The standard InChI is InChI=1S/C19H27N3O4/c1-3-7-14(18(24)25)13-20-17(23)10-12-22-16-9-6-5-8-15(16)21(11-4-2)19(22)26/h5-6,8-9,14H,3-4,7,10-13H2,1-2H3,(H,20,23)(H,24,25). The molecule has 0 saturated heterocycles. The van der Waals surface area contributed by atoms with Gasteiger partial charge in [0.25, 0.3) is 0 Å². The van der Waals surface area contributed by atoms with Crippen LogP contribution in [-0.4, -0.2) is 32.7 Å². The number of hydrogen-bond acceptors (Lipinski definition) is 3. The SMILES string of the molecule is CCCC(CNC(=O)CCn1c(=O)n(CCC)c2ccccc21)C(=O)O. The Morgan fingerprint density at radius 1 is 1.08 bits per heavy atom. The number of carbonyl (C=O) groups excluding carboxylic acids is 1. The van der Waals surface area contributed by atoms with Crippen molar-refractivity contribution in [3.05, 3.63) is 34.7 Å². The van der Waals surface area contributed by atoms with Gasteiger partial charge in [0.05, 0.1) is 17.0 Å². The molecule has 0 aliphatic carbocycles. The number of aliphatic carboxylic acids is 1. The maximum Gasteiger partial charge on any atom is 0.329 e. The number of imidazole rings is 1. The number of carbonyl (C=O) groups is 2. The van der Waals surface area contributed by atoms with E-state index in [4.69, 9.17) is 5.11 Å². The number of nitrogens with zero attached hydrogens (tertiary/aromatic N) is 2. The lowest BCUT2D eigenvalue weighted by atomic mass is 10.0. The van der Waals surface area contributed by atoms with Crippen LogP contribution in [0.3, 0.4) is 0 Å². The molecule has 0 saturated carbocycles. The van der Waals surface area contributed by atoms with Crippen molar-refractivity contribution in [2.75, 3.05) is 6.54 Å². The second-order valence-corrected chi connectivity index (χ2v) is 6.45. The number of aryl methyl sites for hydroxylation is 2. The molecule has 26 heavy (non-hydrogen) atoms. The molecule has 142 valence electrons. The van der Waals surface area contributed by atoms with Crippen LogP contribution in [-0.2, 0) is 22.7 Å². The summed E-state index contributed by atoms with van der Waals surface area (Å²) in [5.41, 5.74) is 1.57. The summed E-state index contributed by atoms with van der Waals surface area (Å²) in [4.78, 5) is 35.9. The van der Waals surface area contributed by atoms with E-state index in [-0.39, 0.29) is 31.1 Å². The van der Waals surface area contributed by atoms with E-state index in [0.29, 0.717) is 13.0 Å². The Balaban J connectivity index is 2.05. The number of hydrogen-bond donors (Lipinski definition) is 2. The first-order chi connectivity index (χ1) is 12.5. The second kappa shape index (κ2) is 9.22. The number of nitrogens with one attached hydrogen (secondary N) is 1. The van der Waals surface area contributed by atoms with Crippen molar-refractivity contribution in [2.45, 2.75) is 52.6 Å². The van der Waals surface area contributed by atoms with Crippen LogP contribution in [0.15, 0.2) is 29.1 Å². The topological polar surface area (TPSA) is 93.3 Å². The number of carboxylic acid groups (broad SMARTS) is 1. The molecule has 0 aliphatic heterocycles. The van der Waals surface area contributed by atoms with E-state index in [1.807, 2.05) is 38.1 Å². The molecule has 1 unspecified atom stereocenters. The van der Waals surface area contributed by atoms with Crippen LogP contribution >= 0.6 is 0 Å². The number of rotatable bonds is 10. The summed E-state index contributed by atoms with van der Waals surface area (Å²) in [6.07, 6.45) is 2.26. The average molecular weight is 361 g/mol. The predicted octanol–water partition coefficient (Wildman–Crippen LogP) is 2.22. The molecule has 1 atom stereocenters. The highest BCUT2D eigenvalue weighted by atomic mass is 16.4. The number of para-hydroxylation sites is 2. The summed E-state index contributed by atoms with van der Waals surface area (Å²) in [5.74, 6) is -1.71. The van der Waals surface area contributed by atoms with Gasteiger partial charge in [0.2, 0.25) is 5.91 Å². The third-order valence-corrected chi connectivity index (χ3v) is 4.47. The van der Waals surface area contributed by atoms with Gasteiger partial charge in [0.1, 0.15) is 0 Å². The first-order valence-corrected chi connectivity index (χ1v) is 9.17. The van der Waals surface area contributed by atoms with Crippen molar-refractivity contribution in [1.29, 1.82) is 0 Å². The smallest absolute Gasteiger partial charge is 0.329 e. The fourth-order valence-electron chi connectivity index (χ4n) is 3.13. The fraction of sp³-hybridized carbons (Fsp3) is 0.526. The van der Waals surface area contributed by atoms with E-state index >= 15 is 0 Å². The van der Waals surface area contributed by atoms with E-state index in [9.17, 15) is 14.4 Å². The molecule has 1 amide bonds. The molecule has 1 aromatic heterocycles. The second-order valence-electron chi connectivity index (χ2n) is 6.45. The van der Waals surface area contributed by atoms with E-state index in [2.05, 4.69) is 5.32 Å². The molecule has 2 aromatic rings. The largest absolute Gasteiger partial charge is 0.481 e. The molecule has 1 aromatic carbocycles. The van der Waals surface area contributed by atoms with Gasteiger partial charge in [-0.25, -0.2) is 4.79 Å². The molecule has 7 heteroatoms. The van der Waals surface area contributed by atoms with Gasteiger partial charge in [-0.3, -0.25) is 18.7 Å². The van der Waals surface area contributed by atoms with Gasteiger partial charge in [-0.15, -0.1) is 0 Å². The van der Waals surface area contributed by atoms with Crippen molar-refractivity contribution < 1.29 is 14.7 Å². The zero-order chi connectivity index (χ0) is 19.1. The minimum atomic E-state index is -0.897. The first-order valence-electron chi connectivity index (χ1n) is 9.17. The average Bonchev–Trinajstić information content (AvgIpc) is 2.89. The Morgan fingerprint density at radius 2 is 1.69 bits per heavy atom. The van der Waals surface area contributed by atoms with Crippen LogP contribution < -0.4 is 11.0 Å². The van der Waals surface area contributed by atoms with Gasteiger partial charge in [0.15, 0.2) is 0 Å². The number of benzene rings is 1. The quantitative estimate of drug-likeness (QED) is 0.678. The Kier molecular flexibility index (Phi) is 7.00. The molecule has 0 aliphatic rings. The van der Waals surface area contributed by atoms with Crippen LogP contribution in [0.25, 0.3) is 11.0 Å². The predicted molar refractivity (Wildman–Crippen MR) is 100 cm³/mol. The highest BCUT2D eigenvalue weighted by Gasteiger charge is 2.18. The van der Waals surface area contributed by atoms with E-state index in [1.54, 1.807) is 9.13 Å². The summed E-state index contributed by atoms with van der Waals surface area (Å²) < 4.78 is 3.35. The van der Waals surface area contributed by atoms with E-state index in [1.165, 1.54) is 0 Å². The maximum atomic E-state index is 12.6. The molecule has 1 heterocycles. The lowest BCUT2D eigenvalue weighted by molar-refractivity contribution is -0.141. The molecule has 0 spiro atoms. The maximum absolute atomic E-state index is 12.6. The minimum Gasteiger partial charge on any atom is -0.481 e. The van der Waals surface area contributed by atoms with Gasteiger partial charge < -0.3 is 10.4 Å². The molecule has 0 bridgehead atoms. The van der Waals surface area contributed by atoms with Gasteiger partial charge in [0, 0.05) is 26.1 Å². The molecule has 0 fully saturated rings. The van der Waals surface area contributed by atoms with Crippen molar-refractivity contribution >= 4 is 22.9 Å². The minimum absolute atomic E-state index is 0.116. The van der Waals surface area contributed by atoms with Crippen LogP contribution in [0.2, 0.25) is 0 Å². The van der Waals surface area contributed by atoms with Gasteiger partial charge in [-0.1, -0.05) is 32.4 Å². The van der Waals surface area contributed by atoms with Crippen LogP contribution in [0.4, 0.5) is 0 Å².